The van der Waals surface area contributed by atoms with Gasteiger partial charge in [0.05, 0.1) is 0 Å². The summed E-state index contributed by atoms with van der Waals surface area (Å²) in [6.45, 7) is 0.244. The molecule has 1 amide bonds. The lowest BCUT2D eigenvalue weighted by molar-refractivity contribution is -0.148. The molecule has 0 aromatic heterocycles. The largest absolute Gasteiger partial charge is 0.493 e. The summed E-state index contributed by atoms with van der Waals surface area (Å²) in [5.41, 5.74) is 2.51. The van der Waals surface area contributed by atoms with Gasteiger partial charge in [0.15, 0.2) is 6.61 Å². The number of rotatable bonds is 5. The van der Waals surface area contributed by atoms with Gasteiger partial charge in [-0.3, -0.25) is 4.79 Å². The highest BCUT2D eigenvalue weighted by molar-refractivity contribution is 5.97. The molecule has 3 rings (SSSR count). The van der Waals surface area contributed by atoms with Gasteiger partial charge in [0.1, 0.15) is 19.5 Å². The van der Waals surface area contributed by atoms with E-state index in [0.717, 1.165) is 11.1 Å². The highest BCUT2D eigenvalue weighted by Gasteiger charge is 2.18. The van der Waals surface area contributed by atoms with Crippen LogP contribution in [-0.2, 0) is 23.8 Å². The quantitative estimate of drug-likeness (QED) is 0.848. The molecule has 2 aromatic carbocycles. The minimum absolute atomic E-state index is 0.0382. The Morgan fingerprint density at radius 3 is 2.52 bits per heavy atom. The number of esters is 1. The average Bonchev–Trinajstić information content (AvgIpc) is 2.68. The first-order valence-electron chi connectivity index (χ1n) is 7.80. The van der Waals surface area contributed by atoms with E-state index in [9.17, 15) is 9.59 Å². The summed E-state index contributed by atoms with van der Waals surface area (Å²) < 4.78 is 15.0. The van der Waals surface area contributed by atoms with Gasteiger partial charge in [-0.05, 0) is 11.6 Å². The number of benzene rings is 2. The van der Waals surface area contributed by atoms with Gasteiger partial charge in [0.2, 0.25) is 5.76 Å². The van der Waals surface area contributed by atoms with Crippen molar-refractivity contribution >= 4 is 17.6 Å². The Morgan fingerprint density at radius 2 is 1.76 bits per heavy atom. The van der Waals surface area contributed by atoms with E-state index in [2.05, 4.69) is 5.32 Å². The van der Waals surface area contributed by atoms with Crippen LogP contribution in [0.1, 0.15) is 0 Å². The number of para-hydroxylation sites is 1. The van der Waals surface area contributed by atoms with Crippen LogP contribution in [0.5, 0.6) is 0 Å². The molecule has 1 N–H and O–H groups in total. The first kappa shape index (κ1) is 16.6. The third kappa shape index (κ3) is 4.38. The van der Waals surface area contributed by atoms with Crippen LogP contribution in [0.15, 0.2) is 66.6 Å². The van der Waals surface area contributed by atoms with Crippen LogP contribution in [0.4, 0.5) is 5.69 Å². The van der Waals surface area contributed by atoms with Crippen molar-refractivity contribution < 1.29 is 23.8 Å². The summed E-state index contributed by atoms with van der Waals surface area (Å²) in [7, 11) is 0. The number of amides is 1. The Labute approximate surface area is 145 Å². The molecule has 6 heteroatoms. The van der Waals surface area contributed by atoms with Gasteiger partial charge in [-0.2, -0.15) is 0 Å². The minimum atomic E-state index is -0.730. The van der Waals surface area contributed by atoms with Gasteiger partial charge in [0.25, 0.3) is 5.91 Å². The van der Waals surface area contributed by atoms with Crippen molar-refractivity contribution in [1.82, 2.24) is 0 Å². The smallest absolute Gasteiger partial charge is 0.377 e. The highest BCUT2D eigenvalue weighted by atomic mass is 16.6. The van der Waals surface area contributed by atoms with Crippen LogP contribution < -0.4 is 5.32 Å². The van der Waals surface area contributed by atoms with E-state index in [1.807, 2.05) is 48.5 Å². The zero-order valence-electron chi connectivity index (χ0n) is 13.4. The summed E-state index contributed by atoms with van der Waals surface area (Å²) in [5.74, 6) is -1.20. The SMILES string of the molecule is O=C(COC(=O)C1=COCCO1)Nc1ccccc1-c1ccccc1. The Morgan fingerprint density at radius 1 is 1.00 bits per heavy atom. The molecule has 128 valence electrons. The predicted octanol–water partition coefficient (Wildman–Crippen LogP) is 2.72. The van der Waals surface area contributed by atoms with E-state index in [1.165, 1.54) is 6.26 Å². The Hall–Kier alpha value is -3.28. The van der Waals surface area contributed by atoms with Gasteiger partial charge in [0, 0.05) is 11.3 Å². The van der Waals surface area contributed by atoms with Crippen LogP contribution in [0.25, 0.3) is 11.1 Å². The monoisotopic (exact) mass is 339 g/mol. The number of hydrogen-bond donors (Lipinski definition) is 1. The van der Waals surface area contributed by atoms with Crippen molar-refractivity contribution in [2.45, 2.75) is 0 Å². The summed E-state index contributed by atoms with van der Waals surface area (Å²) in [6.07, 6.45) is 1.19. The summed E-state index contributed by atoms with van der Waals surface area (Å²) in [5, 5.41) is 2.76. The minimum Gasteiger partial charge on any atom is -0.493 e. The van der Waals surface area contributed by atoms with Crippen molar-refractivity contribution in [3.05, 3.63) is 66.6 Å². The highest BCUT2D eigenvalue weighted by Crippen LogP contribution is 2.27. The number of carbonyl (C=O) groups is 2. The number of anilines is 1. The zero-order chi connectivity index (χ0) is 17.5. The van der Waals surface area contributed by atoms with E-state index in [-0.39, 0.29) is 12.4 Å². The average molecular weight is 339 g/mol. The molecule has 0 fully saturated rings. The van der Waals surface area contributed by atoms with Gasteiger partial charge < -0.3 is 19.5 Å². The maximum Gasteiger partial charge on any atom is 0.377 e. The van der Waals surface area contributed by atoms with E-state index in [4.69, 9.17) is 14.2 Å². The van der Waals surface area contributed by atoms with Crippen molar-refractivity contribution in [3.8, 4) is 11.1 Å². The molecule has 0 aliphatic carbocycles. The summed E-state index contributed by atoms with van der Waals surface area (Å²) >= 11 is 0. The summed E-state index contributed by atoms with van der Waals surface area (Å²) in [6, 6.07) is 17.1. The fourth-order valence-corrected chi connectivity index (χ4v) is 2.33. The third-order valence-electron chi connectivity index (χ3n) is 3.47. The molecule has 0 unspecified atom stereocenters. The molecule has 0 radical (unpaired) electrons. The van der Waals surface area contributed by atoms with E-state index in [0.29, 0.717) is 12.3 Å². The lowest BCUT2D eigenvalue weighted by Crippen LogP contribution is -2.24. The molecule has 0 bridgehead atoms. The molecule has 1 aliphatic heterocycles. The van der Waals surface area contributed by atoms with Crippen LogP contribution >= 0.6 is 0 Å². The first-order chi connectivity index (χ1) is 12.2. The van der Waals surface area contributed by atoms with Crippen LogP contribution in [-0.4, -0.2) is 31.7 Å². The second kappa shape index (κ2) is 8.01. The first-order valence-corrected chi connectivity index (χ1v) is 7.80. The second-order valence-electron chi connectivity index (χ2n) is 5.24. The van der Waals surface area contributed by atoms with Crippen molar-refractivity contribution in [2.24, 2.45) is 0 Å². The van der Waals surface area contributed by atoms with Crippen molar-refractivity contribution in [3.63, 3.8) is 0 Å². The van der Waals surface area contributed by atoms with Crippen LogP contribution in [0.3, 0.4) is 0 Å². The normalized spacial score (nSPS) is 13.0. The third-order valence-corrected chi connectivity index (χ3v) is 3.47. The fraction of sp³-hybridized carbons (Fsp3) is 0.158. The molecule has 25 heavy (non-hydrogen) atoms. The Balaban J connectivity index is 1.62. The molecule has 0 saturated heterocycles. The summed E-state index contributed by atoms with van der Waals surface area (Å²) in [4.78, 5) is 23.9. The molecular weight excluding hydrogens is 322 g/mol. The molecular formula is C19H17NO5. The predicted molar refractivity (Wildman–Crippen MR) is 91.5 cm³/mol. The number of carbonyl (C=O) groups excluding carboxylic acids is 2. The van der Waals surface area contributed by atoms with Crippen LogP contribution in [0, 0.1) is 0 Å². The maximum absolute atomic E-state index is 12.1. The lowest BCUT2D eigenvalue weighted by atomic mass is 10.0. The number of hydrogen-bond acceptors (Lipinski definition) is 5. The van der Waals surface area contributed by atoms with Gasteiger partial charge in [-0.25, -0.2) is 4.79 Å². The maximum atomic E-state index is 12.1. The van der Waals surface area contributed by atoms with E-state index in [1.54, 1.807) is 6.07 Å². The topological polar surface area (TPSA) is 73.9 Å². The fourth-order valence-electron chi connectivity index (χ4n) is 2.33. The van der Waals surface area contributed by atoms with Crippen molar-refractivity contribution in [2.75, 3.05) is 25.1 Å². The van der Waals surface area contributed by atoms with Gasteiger partial charge in [-0.1, -0.05) is 48.5 Å². The van der Waals surface area contributed by atoms with Gasteiger partial charge in [-0.15, -0.1) is 0 Å². The molecule has 0 spiro atoms. The molecule has 0 saturated carbocycles. The molecule has 1 aliphatic rings. The Kier molecular flexibility index (Phi) is 5.31. The molecule has 0 atom stereocenters. The molecule has 6 nitrogen and oxygen atoms in total. The number of ether oxygens (including phenoxy) is 3. The van der Waals surface area contributed by atoms with E-state index < -0.39 is 18.5 Å². The van der Waals surface area contributed by atoms with Crippen LogP contribution in [0.2, 0.25) is 0 Å². The zero-order valence-corrected chi connectivity index (χ0v) is 13.4. The van der Waals surface area contributed by atoms with E-state index >= 15 is 0 Å². The standard InChI is InChI=1S/C19H17NO5/c21-18(13-25-19(22)17-12-23-10-11-24-17)20-16-9-5-4-8-15(16)14-6-2-1-3-7-14/h1-9,12H,10-11,13H2,(H,20,21). The molecule has 2 aromatic rings. The molecule has 1 heterocycles. The van der Waals surface area contributed by atoms with Crippen molar-refractivity contribution in [1.29, 1.82) is 0 Å². The van der Waals surface area contributed by atoms with Gasteiger partial charge >= 0.3 is 5.97 Å². The number of nitrogens with one attached hydrogen (secondary N) is 1. The lowest BCUT2D eigenvalue weighted by Gasteiger charge is -2.15. The second-order valence-corrected chi connectivity index (χ2v) is 5.24. The Bertz CT molecular complexity index is 785.